The van der Waals surface area contributed by atoms with Crippen molar-refractivity contribution in [2.45, 2.75) is 13.0 Å². The molecule has 4 nitrogen and oxygen atoms in total. The zero-order chi connectivity index (χ0) is 13.2. The molecular formula is C15H15N3O. The van der Waals surface area contributed by atoms with Crippen molar-refractivity contribution in [1.29, 1.82) is 0 Å². The lowest BCUT2D eigenvalue weighted by Gasteiger charge is -2.12. The average Bonchev–Trinajstić information content (AvgIpc) is 2.83. The zero-order valence-electron chi connectivity index (χ0n) is 10.6. The zero-order valence-corrected chi connectivity index (χ0v) is 10.6. The van der Waals surface area contributed by atoms with Gasteiger partial charge in [0.05, 0.1) is 5.69 Å². The lowest BCUT2D eigenvalue weighted by Crippen LogP contribution is -2.29. The van der Waals surface area contributed by atoms with E-state index in [4.69, 9.17) is 10.3 Å². The predicted molar refractivity (Wildman–Crippen MR) is 74.4 cm³/mol. The SMILES string of the molecule is Cc1ccnc(C(NN)c2cc3ccccc3o2)c1. The van der Waals surface area contributed by atoms with Gasteiger partial charge in [0.1, 0.15) is 17.4 Å². The minimum atomic E-state index is -0.243. The highest BCUT2D eigenvalue weighted by Crippen LogP contribution is 2.27. The number of fused-ring (bicyclic) bond motifs is 1. The van der Waals surface area contributed by atoms with Gasteiger partial charge < -0.3 is 4.42 Å². The Morgan fingerprint density at radius 3 is 2.79 bits per heavy atom. The first-order valence-electron chi connectivity index (χ1n) is 6.15. The largest absolute Gasteiger partial charge is 0.459 e. The molecule has 3 rings (SSSR count). The van der Waals surface area contributed by atoms with Crippen LogP contribution in [0, 0.1) is 6.92 Å². The number of nitrogens with one attached hydrogen (secondary N) is 1. The first kappa shape index (κ1) is 11.9. The molecule has 1 aromatic carbocycles. The Kier molecular flexibility index (Phi) is 3.03. The average molecular weight is 253 g/mol. The molecule has 0 spiro atoms. The summed E-state index contributed by atoms with van der Waals surface area (Å²) in [5.41, 5.74) is 5.61. The molecule has 2 heterocycles. The monoisotopic (exact) mass is 253 g/mol. The Bertz CT molecular complexity index is 672. The number of rotatable bonds is 3. The molecule has 96 valence electrons. The summed E-state index contributed by atoms with van der Waals surface area (Å²) in [4.78, 5) is 4.35. The molecule has 0 aliphatic heterocycles. The Hall–Kier alpha value is -2.17. The maximum Gasteiger partial charge on any atom is 0.134 e. The van der Waals surface area contributed by atoms with Gasteiger partial charge in [-0.25, -0.2) is 5.43 Å². The van der Waals surface area contributed by atoms with Crippen molar-refractivity contribution in [2.75, 3.05) is 0 Å². The summed E-state index contributed by atoms with van der Waals surface area (Å²) in [6.45, 7) is 2.03. The number of furan rings is 1. The highest BCUT2D eigenvalue weighted by molar-refractivity contribution is 5.77. The van der Waals surface area contributed by atoms with Crippen molar-refractivity contribution in [1.82, 2.24) is 10.4 Å². The molecule has 3 N–H and O–H groups in total. The number of aryl methyl sites for hydroxylation is 1. The normalized spacial score (nSPS) is 12.7. The number of pyridine rings is 1. The molecule has 4 heteroatoms. The predicted octanol–water partition coefficient (Wildman–Crippen LogP) is 2.69. The number of hydrazine groups is 1. The minimum absolute atomic E-state index is 0.243. The van der Waals surface area contributed by atoms with Crippen LogP contribution in [0.4, 0.5) is 0 Å². The lowest BCUT2D eigenvalue weighted by molar-refractivity contribution is 0.471. The van der Waals surface area contributed by atoms with Crippen LogP contribution in [0.15, 0.2) is 53.1 Å². The van der Waals surface area contributed by atoms with Crippen molar-refractivity contribution in [3.63, 3.8) is 0 Å². The Morgan fingerprint density at radius 1 is 1.21 bits per heavy atom. The highest BCUT2D eigenvalue weighted by Gasteiger charge is 2.18. The fraction of sp³-hybridized carbons (Fsp3) is 0.133. The molecule has 3 aromatic rings. The third kappa shape index (κ3) is 2.23. The summed E-state index contributed by atoms with van der Waals surface area (Å²) in [5.74, 6) is 6.42. The maximum atomic E-state index is 5.83. The summed E-state index contributed by atoms with van der Waals surface area (Å²) in [5, 5.41) is 1.06. The second-order valence-electron chi connectivity index (χ2n) is 4.54. The van der Waals surface area contributed by atoms with Gasteiger partial charge in [0.15, 0.2) is 0 Å². The van der Waals surface area contributed by atoms with E-state index in [-0.39, 0.29) is 6.04 Å². The van der Waals surface area contributed by atoms with Gasteiger partial charge in [-0.05, 0) is 36.8 Å². The van der Waals surface area contributed by atoms with E-state index in [1.165, 1.54) is 0 Å². The topological polar surface area (TPSA) is 64.1 Å². The van der Waals surface area contributed by atoms with E-state index >= 15 is 0 Å². The van der Waals surface area contributed by atoms with Crippen LogP contribution in [0.1, 0.15) is 23.1 Å². The molecule has 0 saturated heterocycles. The summed E-state index contributed by atoms with van der Waals surface area (Å²) >= 11 is 0. The summed E-state index contributed by atoms with van der Waals surface area (Å²) in [6, 6.07) is 13.6. The van der Waals surface area contributed by atoms with E-state index in [0.29, 0.717) is 0 Å². The van der Waals surface area contributed by atoms with Gasteiger partial charge in [-0.1, -0.05) is 18.2 Å². The lowest BCUT2D eigenvalue weighted by atomic mass is 10.1. The number of aromatic nitrogens is 1. The molecule has 2 aromatic heterocycles. The molecule has 0 amide bonds. The van der Waals surface area contributed by atoms with Crippen LogP contribution in [0.5, 0.6) is 0 Å². The number of hydrogen-bond acceptors (Lipinski definition) is 4. The van der Waals surface area contributed by atoms with Gasteiger partial charge in [0.2, 0.25) is 0 Å². The van der Waals surface area contributed by atoms with Gasteiger partial charge in [-0.2, -0.15) is 0 Å². The Balaban J connectivity index is 2.06. The van der Waals surface area contributed by atoms with Crippen molar-refractivity contribution >= 4 is 11.0 Å². The molecule has 0 aliphatic rings. The number of nitrogens with zero attached hydrogens (tertiary/aromatic N) is 1. The molecule has 0 radical (unpaired) electrons. The highest BCUT2D eigenvalue weighted by atomic mass is 16.3. The van der Waals surface area contributed by atoms with Gasteiger partial charge >= 0.3 is 0 Å². The van der Waals surface area contributed by atoms with Crippen LogP contribution in [0.2, 0.25) is 0 Å². The summed E-state index contributed by atoms with van der Waals surface area (Å²) in [7, 11) is 0. The molecule has 0 fully saturated rings. The third-order valence-electron chi connectivity index (χ3n) is 3.13. The fourth-order valence-electron chi connectivity index (χ4n) is 2.18. The Morgan fingerprint density at radius 2 is 2.05 bits per heavy atom. The number of nitrogens with two attached hydrogens (primary N) is 1. The van der Waals surface area contributed by atoms with E-state index in [1.807, 2.05) is 49.4 Å². The Labute approximate surface area is 111 Å². The van der Waals surface area contributed by atoms with Crippen LogP contribution in [0.25, 0.3) is 11.0 Å². The van der Waals surface area contributed by atoms with E-state index in [1.54, 1.807) is 6.20 Å². The standard InChI is InChI=1S/C15H15N3O/c1-10-6-7-17-12(8-10)15(18-16)14-9-11-4-2-3-5-13(11)19-14/h2-9,15,18H,16H2,1H3. The molecule has 0 aliphatic carbocycles. The van der Waals surface area contributed by atoms with Gasteiger partial charge in [0.25, 0.3) is 0 Å². The van der Waals surface area contributed by atoms with E-state index in [0.717, 1.165) is 28.0 Å². The van der Waals surface area contributed by atoms with Crippen LogP contribution in [0.3, 0.4) is 0 Å². The second kappa shape index (κ2) is 4.84. The third-order valence-corrected chi connectivity index (χ3v) is 3.13. The van der Waals surface area contributed by atoms with E-state index < -0.39 is 0 Å². The molecular weight excluding hydrogens is 238 g/mol. The first-order chi connectivity index (χ1) is 9.28. The molecule has 0 saturated carbocycles. The van der Waals surface area contributed by atoms with Crippen molar-refractivity contribution in [2.24, 2.45) is 5.84 Å². The van der Waals surface area contributed by atoms with Crippen molar-refractivity contribution in [3.8, 4) is 0 Å². The van der Waals surface area contributed by atoms with Gasteiger partial charge in [-0.3, -0.25) is 10.8 Å². The number of benzene rings is 1. The van der Waals surface area contributed by atoms with Gasteiger partial charge in [-0.15, -0.1) is 0 Å². The van der Waals surface area contributed by atoms with Crippen LogP contribution < -0.4 is 11.3 Å². The quantitative estimate of drug-likeness (QED) is 0.556. The smallest absolute Gasteiger partial charge is 0.134 e. The summed E-state index contributed by atoms with van der Waals surface area (Å²) < 4.78 is 5.83. The first-order valence-corrected chi connectivity index (χ1v) is 6.15. The van der Waals surface area contributed by atoms with Gasteiger partial charge in [0, 0.05) is 11.6 Å². The van der Waals surface area contributed by atoms with Crippen molar-refractivity contribution < 1.29 is 4.42 Å². The molecule has 1 unspecified atom stereocenters. The fourth-order valence-corrected chi connectivity index (χ4v) is 2.18. The van der Waals surface area contributed by atoms with Crippen molar-refractivity contribution in [3.05, 3.63) is 65.7 Å². The molecule has 1 atom stereocenters. The summed E-state index contributed by atoms with van der Waals surface area (Å²) in [6.07, 6.45) is 1.78. The van der Waals surface area contributed by atoms with E-state index in [2.05, 4.69) is 10.4 Å². The van der Waals surface area contributed by atoms with E-state index in [9.17, 15) is 0 Å². The number of para-hydroxylation sites is 1. The van der Waals surface area contributed by atoms with Crippen LogP contribution in [-0.4, -0.2) is 4.98 Å². The maximum absolute atomic E-state index is 5.83. The number of hydrogen-bond donors (Lipinski definition) is 2. The molecule has 19 heavy (non-hydrogen) atoms. The van der Waals surface area contributed by atoms with Crippen LogP contribution in [-0.2, 0) is 0 Å². The second-order valence-corrected chi connectivity index (χ2v) is 4.54. The van der Waals surface area contributed by atoms with Crippen LogP contribution >= 0.6 is 0 Å². The minimum Gasteiger partial charge on any atom is -0.459 e. The molecule has 0 bridgehead atoms.